The summed E-state index contributed by atoms with van der Waals surface area (Å²) in [7, 11) is 2.19. The second-order valence-corrected chi connectivity index (χ2v) is 6.73. The molecule has 4 heteroatoms. The molecule has 1 rings (SSSR count). The van der Waals surface area contributed by atoms with E-state index >= 15 is 0 Å². The molecule has 0 aromatic rings. The lowest BCUT2D eigenvalue weighted by molar-refractivity contribution is -0.151. The summed E-state index contributed by atoms with van der Waals surface area (Å²) in [4.78, 5) is 14.6. The first kappa shape index (κ1) is 18.4. The quantitative estimate of drug-likeness (QED) is 0.700. The number of esters is 1. The van der Waals surface area contributed by atoms with Gasteiger partial charge in [0, 0.05) is 12.6 Å². The third-order valence-corrected chi connectivity index (χ3v) is 4.87. The van der Waals surface area contributed by atoms with Gasteiger partial charge in [0.1, 0.15) is 5.54 Å². The van der Waals surface area contributed by atoms with Crippen LogP contribution in [0, 0.1) is 5.92 Å². The average Bonchev–Trinajstić information content (AvgIpc) is 2.46. The normalized spacial score (nSPS) is 25.6. The van der Waals surface area contributed by atoms with Gasteiger partial charge in [0.05, 0.1) is 6.61 Å². The van der Waals surface area contributed by atoms with Crippen LogP contribution in [0.3, 0.4) is 0 Å². The van der Waals surface area contributed by atoms with Crippen molar-refractivity contribution in [1.82, 2.24) is 10.2 Å². The molecule has 0 aromatic carbocycles. The predicted octanol–water partition coefficient (Wildman–Crippen LogP) is 2.82. The first-order valence-corrected chi connectivity index (χ1v) is 8.55. The number of carbonyl (C=O) groups is 1. The number of likely N-dealkylation sites (N-methyl/N-ethyl adjacent to an activating group) is 1. The van der Waals surface area contributed by atoms with Gasteiger partial charge in [0.15, 0.2) is 0 Å². The maximum absolute atomic E-state index is 12.2. The van der Waals surface area contributed by atoms with E-state index in [1.165, 1.54) is 25.7 Å². The molecule has 0 amide bonds. The van der Waals surface area contributed by atoms with Crippen molar-refractivity contribution < 1.29 is 9.53 Å². The van der Waals surface area contributed by atoms with E-state index in [1.54, 1.807) is 0 Å². The zero-order chi connectivity index (χ0) is 15.9. The average molecular weight is 298 g/mol. The summed E-state index contributed by atoms with van der Waals surface area (Å²) in [6, 6.07) is 0.675. The molecule has 4 nitrogen and oxygen atoms in total. The standard InChI is InChI=1S/C17H34N2O2/c1-6-18-17(4,16(20)21-7-2)12-13-19(5)15-10-8-14(3)9-11-15/h14-15,18H,6-13H2,1-5H3. The summed E-state index contributed by atoms with van der Waals surface area (Å²) >= 11 is 0. The van der Waals surface area contributed by atoms with Crippen molar-refractivity contribution >= 4 is 5.97 Å². The van der Waals surface area contributed by atoms with Gasteiger partial charge in [-0.25, -0.2) is 0 Å². The monoisotopic (exact) mass is 298 g/mol. The fourth-order valence-electron chi connectivity index (χ4n) is 3.21. The number of rotatable bonds is 8. The number of carbonyl (C=O) groups excluding carboxylic acids is 1. The lowest BCUT2D eigenvalue weighted by Crippen LogP contribution is -2.52. The largest absolute Gasteiger partial charge is 0.465 e. The predicted molar refractivity (Wildman–Crippen MR) is 87.4 cm³/mol. The van der Waals surface area contributed by atoms with E-state index in [2.05, 4.69) is 24.2 Å². The van der Waals surface area contributed by atoms with Gasteiger partial charge in [0.2, 0.25) is 0 Å². The van der Waals surface area contributed by atoms with Gasteiger partial charge in [-0.3, -0.25) is 4.79 Å². The fraction of sp³-hybridized carbons (Fsp3) is 0.941. The van der Waals surface area contributed by atoms with E-state index in [0.717, 1.165) is 25.4 Å². The number of hydrogen-bond acceptors (Lipinski definition) is 4. The van der Waals surface area contributed by atoms with Gasteiger partial charge in [0.25, 0.3) is 0 Å². The van der Waals surface area contributed by atoms with Crippen molar-refractivity contribution in [1.29, 1.82) is 0 Å². The van der Waals surface area contributed by atoms with Crippen molar-refractivity contribution in [2.24, 2.45) is 5.92 Å². The Kier molecular flexibility index (Phi) is 7.67. The molecule has 0 bridgehead atoms. The summed E-state index contributed by atoms with van der Waals surface area (Å²) < 4.78 is 5.23. The Morgan fingerprint density at radius 2 is 1.90 bits per heavy atom. The molecule has 1 unspecified atom stereocenters. The Hall–Kier alpha value is -0.610. The molecule has 1 aliphatic rings. The van der Waals surface area contributed by atoms with Crippen LogP contribution in [0.4, 0.5) is 0 Å². The smallest absolute Gasteiger partial charge is 0.326 e. The van der Waals surface area contributed by atoms with E-state index in [0.29, 0.717) is 12.6 Å². The summed E-state index contributed by atoms with van der Waals surface area (Å²) in [5, 5.41) is 3.31. The molecule has 0 heterocycles. The van der Waals surface area contributed by atoms with Crippen LogP contribution in [0.1, 0.15) is 59.8 Å². The molecule has 1 aliphatic carbocycles. The van der Waals surface area contributed by atoms with Crippen LogP contribution in [0.25, 0.3) is 0 Å². The van der Waals surface area contributed by atoms with Crippen molar-refractivity contribution in [3.8, 4) is 0 Å². The van der Waals surface area contributed by atoms with Gasteiger partial charge >= 0.3 is 5.97 Å². The minimum atomic E-state index is -0.568. The van der Waals surface area contributed by atoms with Crippen LogP contribution < -0.4 is 5.32 Å². The highest BCUT2D eigenvalue weighted by molar-refractivity contribution is 5.80. The zero-order valence-electron chi connectivity index (χ0n) is 14.6. The molecule has 0 saturated heterocycles. The van der Waals surface area contributed by atoms with Crippen LogP contribution in [0.5, 0.6) is 0 Å². The minimum absolute atomic E-state index is 0.127. The van der Waals surface area contributed by atoms with E-state index in [1.807, 2.05) is 20.8 Å². The van der Waals surface area contributed by atoms with Gasteiger partial charge in [-0.1, -0.05) is 13.8 Å². The van der Waals surface area contributed by atoms with Gasteiger partial charge < -0.3 is 15.0 Å². The van der Waals surface area contributed by atoms with E-state index < -0.39 is 5.54 Å². The summed E-state index contributed by atoms with van der Waals surface area (Å²) in [6.45, 7) is 10.4. The number of ether oxygens (including phenoxy) is 1. The summed E-state index contributed by atoms with van der Waals surface area (Å²) in [5.74, 6) is 0.749. The first-order valence-electron chi connectivity index (χ1n) is 8.55. The third-order valence-electron chi connectivity index (χ3n) is 4.87. The van der Waals surface area contributed by atoms with Crippen LogP contribution in [0.2, 0.25) is 0 Å². The van der Waals surface area contributed by atoms with Crippen molar-refractivity contribution in [2.45, 2.75) is 71.4 Å². The van der Waals surface area contributed by atoms with E-state index in [4.69, 9.17) is 4.74 Å². The van der Waals surface area contributed by atoms with E-state index in [-0.39, 0.29) is 5.97 Å². The number of nitrogens with zero attached hydrogens (tertiary/aromatic N) is 1. The van der Waals surface area contributed by atoms with Gasteiger partial charge in [-0.15, -0.1) is 0 Å². The Labute approximate surface area is 130 Å². The van der Waals surface area contributed by atoms with Crippen LogP contribution in [0.15, 0.2) is 0 Å². The summed E-state index contributed by atoms with van der Waals surface area (Å²) in [6.07, 6.45) is 6.03. The molecule has 0 spiro atoms. The van der Waals surface area contributed by atoms with Crippen LogP contribution >= 0.6 is 0 Å². The van der Waals surface area contributed by atoms with Crippen molar-refractivity contribution in [2.75, 3.05) is 26.7 Å². The number of hydrogen-bond donors (Lipinski definition) is 1. The van der Waals surface area contributed by atoms with Crippen LogP contribution in [-0.4, -0.2) is 49.2 Å². The minimum Gasteiger partial charge on any atom is -0.465 e. The van der Waals surface area contributed by atoms with Gasteiger partial charge in [-0.2, -0.15) is 0 Å². The Bertz CT molecular complexity index is 314. The molecular formula is C17H34N2O2. The highest BCUT2D eigenvalue weighted by Gasteiger charge is 2.34. The van der Waals surface area contributed by atoms with Crippen molar-refractivity contribution in [3.05, 3.63) is 0 Å². The molecule has 1 atom stereocenters. The molecule has 0 radical (unpaired) electrons. The van der Waals surface area contributed by atoms with Crippen LogP contribution in [-0.2, 0) is 9.53 Å². The lowest BCUT2D eigenvalue weighted by atomic mass is 9.86. The molecule has 124 valence electrons. The second kappa shape index (κ2) is 8.74. The maximum atomic E-state index is 12.2. The molecular weight excluding hydrogens is 264 g/mol. The molecule has 1 fully saturated rings. The zero-order valence-corrected chi connectivity index (χ0v) is 14.6. The molecule has 0 aliphatic heterocycles. The van der Waals surface area contributed by atoms with Gasteiger partial charge in [-0.05, 0) is 65.5 Å². The highest BCUT2D eigenvalue weighted by Crippen LogP contribution is 2.27. The molecule has 0 aromatic heterocycles. The fourth-order valence-corrected chi connectivity index (χ4v) is 3.21. The Morgan fingerprint density at radius 3 is 2.43 bits per heavy atom. The van der Waals surface area contributed by atoms with Crippen molar-refractivity contribution in [3.63, 3.8) is 0 Å². The first-order chi connectivity index (χ1) is 9.92. The molecule has 21 heavy (non-hydrogen) atoms. The Balaban J connectivity index is 2.50. The topological polar surface area (TPSA) is 41.6 Å². The molecule has 1 saturated carbocycles. The van der Waals surface area contributed by atoms with E-state index in [9.17, 15) is 4.79 Å². The highest BCUT2D eigenvalue weighted by atomic mass is 16.5. The SMILES string of the molecule is CCNC(C)(CCN(C)C1CCC(C)CC1)C(=O)OCC. The maximum Gasteiger partial charge on any atom is 0.326 e. The summed E-state index contributed by atoms with van der Waals surface area (Å²) in [5.41, 5.74) is -0.568. The molecule has 1 N–H and O–H groups in total. The third kappa shape index (κ3) is 5.59. The Morgan fingerprint density at radius 1 is 1.29 bits per heavy atom. The second-order valence-electron chi connectivity index (χ2n) is 6.73. The lowest BCUT2D eigenvalue weighted by Gasteiger charge is -2.36. The number of nitrogens with one attached hydrogen (secondary N) is 1.